The van der Waals surface area contributed by atoms with Crippen LogP contribution in [0.5, 0.6) is 11.5 Å². The molecule has 2 fully saturated rings. The molecule has 0 aliphatic carbocycles. The standard InChI is InChI=1S/C16H13ClN2O8S/c1-16(14(15(23)24)19-10(21)5-11(19)28(16,25)26)9-4-8(27-18-9)6-2-3-7(20)13(22)12(6)17/h2-4,11,14,20,22H,5H2,1H3,(H,23,24)/t11-,14+,16+/m1/s1. The number of carbonyl (C=O) groups is 2. The van der Waals surface area contributed by atoms with Crippen LogP contribution in [0.1, 0.15) is 19.0 Å². The van der Waals surface area contributed by atoms with E-state index in [1.807, 2.05) is 0 Å². The lowest BCUT2D eigenvalue weighted by molar-refractivity contribution is -0.157. The first-order chi connectivity index (χ1) is 13.0. The van der Waals surface area contributed by atoms with Crippen molar-refractivity contribution in [3.05, 3.63) is 28.9 Å². The lowest BCUT2D eigenvalue weighted by Gasteiger charge is -2.35. The fraction of sp³-hybridized carbons (Fsp3) is 0.312. The maximum Gasteiger partial charge on any atom is 0.328 e. The van der Waals surface area contributed by atoms with Crippen molar-refractivity contribution in [1.82, 2.24) is 10.1 Å². The Labute approximate surface area is 162 Å². The highest BCUT2D eigenvalue weighted by molar-refractivity contribution is 7.93. The number of β-lactam (4-membered cyclic amide) rings is 1. The predicted molar refractivity (Wildman–Crippen MR) is 93.2 cm³/mol. The minimum atomic E-state index is -4.12. The average Bonchev–Trinajstić information content (AvgIpc) is 3.15. The molecule has 2 aromatic rings. The van der Waals surface area contributed by atoms with Crippen LogP contribution in [0.2, 0.25) is 5.02 Å². The highest BCUT2D eigenvalue weighted by atomic mass is 35.5. The SMILES string of the molecule is C[C@]1(c2cc(-c3ccc(O)c(O)c3Cl)on2)[C@H](C(=O)O)N2C(=O)C[C@H]2S1(=O)=O. The van der Waals surface area contributed by atoms with E-state index < -0.39 is 49.4 Å². The van der Waals surface area contributed by atoms with Gasteiger partial charge in [-0.15, -0.1) is 0 Å². The van der Waals surface area contributed by atoms with Crippen molar-refractivity contribution < 1.29 is 37.8 Å². The third-order valence-corrected chi connectivity index (χ3v) is 8.42. The molecule has 0 radical (unpaired) electrons. The summed E-state index contributed by atoms with van der Waals surface area (Å²) in [6, 6.07) is 2.00. The van der Waals surface area contributed by atoms with E-state index >= 15 is 0 Å². The molecule has 0 unspecified atom stereocenters. The molecule has 2 aliphatic heterocycles. The molecule has 0 bridgehead atoms. The van der Waals surface area contributed by atoms with E-state index in [2.05, 4.69) is 5.16 Å². The van der Waals surface area contributed by atoms with Crippen molar-refractivity contribution in [3.8, 4) is 22.8 Å². The molecular formula is C16H13ClN2O8S. The van der Waals surface area contributed by atoms with Gasteiger partial charge in [0.1, 0.15) is 15.8 Å². The molecule has 12 heteroatoms. The van der Waals surface area contributed by atoms with Gasteiger partial charge in [0.15, 0.2) is 33.1 Å². The van der Waals surface area contributed by atoms with Gasteiger partial charge >= 0.3 is 5.97 Å². The second kappa shape index (κ2) is 5.61. The number of hydrogen-bond acceptors (Lipinski definition) is 8. The molecule has 2 aliphatic rings. The van der Waals surface area contributed by atoms with Gasteiger partial charge in [0.05, 0.1) is 11.4 Å². The Kier molecular flexibility index (Phi) is 3.72. The Morgan fingerprint density at radius 1 is 1.39 bits per heavy atom. The molecule has 0 saturated carbocycles. The maximum atomic E-state index is 13.0. The number of rotatable bonds is 3. The zero-order valence-corrected chi connectivity index (χ0v) is 15.7. The van der Waals surface area contributed by atoms with Crippen LogP contribution in [0.3, 0.4) is 0 Å². The van der Waals surface area contributed by atoms with Crippen molar-refractivity contribution >= 4 is 33.3 Å². The van der Waals surface area contributed by atoms with Gasteiger partial charge in [0.2, 0.25) is 5.91 Å². The zero-order chi connectivity index (χ0) is 20.6. The number of carboxylic acid groups (broad SMARTS) is 1. The van der Waals surface area contributed by atoms with Crippen LogP contribution in [-0.4, -0.2) is 57.1 Å². The van der Waals surface area contributed by atoms with Crippen LogP contribution in [-0.2, 0) is 24.2 Å². The Morgan fingerprint density at radius 3 is 2.68 bits per heavy atom. The van der Waals surface area contributed by atoms with Crippen LogP contribution in [0.4, 0.5) is 0 Å². The predicted octanol–water partition coefficient (Wildman–Crippen LogP) is 1.06. The normalized spacial score (nSPS) is 28.1. The highest BCUT2D eigenvalue weighted by Gasteiger charge is 2.71. The number of hydrogen-bond donors (Lipinski definition) is 3. The van der Waals surface area contributed by atoms with Gasteiger partial charge in [-0.05, 0) is 19.1 Å². The van der Waals surface area contributed by atoms with Gasteiger partial charge < -0.3 is 24.7 Å². The van der Waals surface area contributed by atoms with Crippen molar-refractivity contribution in [2.75, 3.05) is 0 Å². The van der Waals surface area contributed by atoms with E-state index in [0.717, 1.165) is 11.0 Å². The maximum absolute atomic E-state index is 13.0. The Hall–Kier alpha value is -2.79. The van der Waals surface area contributed by atoms with Crippen LogP contribution >= 0.6 is 11.6 Å². The second-order valence-electron chi connectivity index (χ2n) is 6.72. The molecule has 0 spiro atoms. The quantitative estimate of drug-likeness (QED) is 0.480. The van der Waals surface area contributed by atoms with Crippen molar-refractivity contribution in [1.29, 1.82) is 0 Å². The van der Waals surface area contributed by atoms with Crippen LogP contribution in [0.15, 0.2) is 22.7 Å². The van der Waals surface area contributed by atoms with Crippen molar-refractivity contribution in [2.45, 2.75) is 29.5 Å². The smallest absolute Gasteiger partial charge is 0.328 e. The topological polar surface area (TPSA) is 158 Å². The van der Waals surface area contributed by atoms with Gasteiger partial charge in [-0.1, -0.05) is 16.8 Å². The summed E-state index contributed by atoms with van der Waals surface area (Å²) < 4.78 is 29.1. The highest BCUT2D eigenvalue weighted by Crippen LogP contribution is 2.52. The second-order valence-corrected chi connectivity index (χ2v) is 9.58. The summed E-state index contributed by atoms with van der Waals surface area (Å²) in [6.07, 6.45) is -0.288. The summed E-state index contributed by atoms with van der Waals surface area (Å²) in [5, 5.41) is 31.1. The number of nitrogens with zero attached hydrogens (tertiary/aromatic N) is 2. The number of halogens is 1. The summed E-state index contributed by atoms with van der Waals surface area (Å²) in [6.45, 7) is 1.18. The number of aromatic hydroxyl groups is 2. The molecule has 3 N–H and O–H groups in total. The van der Waals surface area contributed by atoms with E-state index in [1.54, 1.807) is 0 Å². The fourth-order valence-electron chi connectivity index (χ4n) is 3.70. The Morgan fingerprint density at radius 2 is 2.07 bits per heavy atom. The summed E-state index contributed by atoms with van der Waals surface area (Å²) in [7, 11) is -4.12. The lowest BCUT2D eigenvalue weighted by Crippen LogP contribution is -2.57. The fourth-order valence-corrected chi connectivity index (χ4v) is 6.33. The number of phenols is 2. The van der Waals surface area contributed by atoms with Crippen LogP contribution in [0, 0.1) is 0 Å². The molecule has 10 nitrogen and oxygen atoms in total. The van der Waals surface area contributed by atoms with Crippen molar-refractivity contribution in [3.63, 3.8) is 0 Å². The number of sulfone groups is 1. The van der Waals surface area contributed by atoms with E-state index in [-0.39, 0.29) is 28.5 Å². The minimum Gasteiger partial charge on any atom is -0.504 e. The van der Waals surface area contributed by atoms with E-state index in [4.69, 9.17) is 16.1 Å². The third-order valence-electron chi connectivity index (χ3n) is 5.31. The Balaban J connectivity index is 1.87. The molecule has 28 heavy (non-hydrogen) atoms. The van der Waals surface area contributed by atoms with E-state index in [9.17, 15) is 33.3 Å². The number of aromatic nitrogens is 1. The first-order valence-electron chi connectivity index (χ1n) is 7.97. The summed E-state index contributed by atoms with van der Waals surface area (Å²) in [4.78, 5) is 24.5. The third kappa shape index (κ3) is 2.08. The molecule has 1 aromatic heterocycles. The minimum absolute atomic E-state index is 0.0450. The zero-order valence-electron chi connectivity index (χ0n) is 14.2. The first kappa shape index (κ1) is 18.6. The van der Waals surface area contributed by atoms with Gasteiger partial charge in [-0.2, -0.15) is 0 Å². The molecular weight excluding hydrogens is 416 g/mol. The first-order valence-corrected chi connectivity index (χ1v) is 9.89. The van der Waals surface area contributed by atoms with Gasteiger partial charge in [-0.3, -0.25) is 4.79 Å². The number of carboxylic acids is 1. The molecule has 1 amide bonds. The Bertz CT molecular complexity index is 1140. The largest absolute Gasteiger partial charge is 0.504 e. The number of benzene rings is 1. The number of carbonyl (C=O) groups excluding carboxylic acids is 1. The monoisotopic (exact) mass is 428 g/mol. The van der Waals surface area contributed by atoms with Gasteiger partial charge in [0.25, 0.3) is 0 Å². The molecule has 148 valence electrons. The van der Waals surface area contributed by atoms with E-state index in [1.165, 1.54) is 19.1 Å². The van der Waals surface area contributed by atoms with Crippen molar-refractivity contribution in [2.24, 2.45) is 0 Å². The molecule has 1 aromatic carbocycles. The molecule has 4 rings (SSSR count). The van der Waals surface area contributed by atoms with E-state index in [0.29, 0.717) is 0 Å². The summed E-state index contributed by atoms with van der Waals surface area (Å²) >= 11 is 5.98. The van der Waals surface area contributed by atoms with Crippen LogP contribution in [0.25, 0.3) is 11.3 Å². The number of fused-ring (bicyclic) bond motifs is 1. The summed E-state index contributed by atoms with van der Waals surface area (Å²) in [5.41, 5.74) is -0.0957. The lowest BCUT2D eigenvalue weighted by atomic mass is 9.93. The molecule has 2 saturated heterocycles. The molecule has 3 atom stereocenters. The number of amides is 1. The number of aliphatic carboxylic acids is 1. The average molecular weight is 429 g/mol. The number of phenolic OH excluding ortho intramolecular Hbond substituents is 2. The summed E-state index contributed by atoms with van der Waals surface area (Å²) in [5.74, 6) is -3.16. The van der Waals surface area contributed by atoms with Gasteiger partial charge in [-0.25, -0.2) is 13.2 Å². The van der Waals surface area contributed by atoms with Crippen LogP contribution < -0.4 is 0 Å². The van der Waals surface area contributed by atoms with Gasteiger partial charge in [0, 0.05) is 11.6 Å². The molecule has 3 heterocycles.